The van der Waals surface area contributed by atoms with Gasteiger partial charge in [-0.05, 0) is 44.4 Å². The van der Waals surface area contributed by atoms with Gasteiger partial charge in [-0.1, -0.05) is 25.1 Å². The standard InChI is InChI=1S/C18H24N4O/c1-4-15-8-5-6-9-16(15)22-17(23)10-7-11-19-18-20-13(2)12-14(3)21-18/h5-6,8-9,12H,4,7,10-11H2,1-3H3,(H,22,23)(H,19,20,21). The summed E-state index contributed by atoms with van der Waals surface area (Å²) < 4.78 is 0. The first-order chi connectivity index (χ1) is 11.1. The predicted molar refractivity (Wildman–Crippen MR) is 93.7 cm³/mol. The van der Waals surface area contributed by atoms with Gasteiger partial charge in [0.15, 0.2) is 0 Å². The molecule has 0 radical (unpaired) electrons. The summed E-state index contributed by atoms with van der Waals surface area (Å²) in [5, 5.41) is 6.15. The molecule has 0 aliphatic rings. The molecule has 5 heteroatoms. The van der Waals surface area contributed by atoms with Crippen LogP contribution in [0, 0.1) is 13.8 Å². The van der Waals surface area contributed by atoms with Crippen molar-refractivity contribution in [1.29, 1.82) is 0 Å². The van der Waals surface area contributed by atoms with Crippen molar-refractivity contribution < 1.29 is 4.79 Å². The Labute approximate surface area is 137 Å². The smallest absolute Gasteiger partial charge is 0.224 e. The summed E-state index contributed by atoms with van der Waals surface area (Å²) in [5.41, 5.74) is 3.94. The Morgan fingerprint density at radius 2 is 1.83 bits per heavy atom. The molecule has 23 heavy (non-hydrogen) atoms. The van der Waals surface area contributed by atoms with Crippen LogP contribution in [0.1, 0.15) is 36.7 Å². The minimum atomic E-state index is 0.0361. The lowest BCUT2D eigenvalue weighted by molar-refractivity contribution is -0.116. The van der Waals surface area contributed by atoms with E-state index in [-0.39, 0.29) is 5.91 Å². The van der Waals surface area contributed by atoms with Gasteiger partial charge in [-0.15, -0.1) is 0 Å². The Kier molecular flexibility index (Phi) is 6.09. The number of amides is 1. The number of nitrogens with zero attached hydrogens (tertiary/aromatic N) is 2. The van der Waals surface area contributed by atoms with Crippen molar-refractivity contribution in [3.8, 4) is 0 Å². The van der Waals surface area contributed by atoms with Crippen molar-refractivity contribution in [2.75, 3.05) is 17.2 Å². The van der Waals surface area contributed by atoms with E-state index in [1.54, 1.807) is 0 Å². The Hall–Kier alpha value is -2.43. The number of aryl methyl sites for hydroxylation is 3. The number of carbonyl (C=O) groups excluding carboxylic acids is 1. The van der Waals surface area contributed by atoms with Crippen molar-refractivity contribution >= 4 is 17.5 Å². The van der Waals surface area contributed by atoms with Crippen molar-refractivity contribution in [3.05, 3.63) is 47.3 Å². The van der Waals surface area contributed by atoms with Crippen LogP contribution in [0.5, 0.6) is 0 Å². The molecule has 5 nitrogen and oxygen atoms in total. The molecule has 0 saturated heterocycles. The van der Waals surface area contributed by atoms with Gasteiger partial charge in [0.1, 0.15) is 0 Å². The molecule has 0 spiro atoms. The number of hydrogen-bond acceptors (Lipinski definition) is 4. The normalized spacial score (nSPS) is 10.4. The number of anilines is 2. The highest BCUT2D eigenvalue weighted by molar-refractivity contribution is 5.91. The Bertz CT molecular complexity index is 650. The van der Waals surface area contributed by atoms with Crippen LogP contribution >= 0.6 is 0 Å². The maximum absolute atomic E-state index is 12.0. The largest absolute Gasteiger partial charge is 0.354 e. The van der Waals surface area contributed by atoms with Gasteiger partial charge in [0, 0.05) is 30.0 Å². The number of nitrogens with one attached hydrogen (secondary N) is 2. The maximum atomic E-state index is 12.0. The highest BCUT2D eigenvalue weighted by atomic mass is 16.1. The zero-order chi connectivity index (χ0) is 16.7. The summed E-state index contributed by atoms with van der Waals surface area (Å²) in [6, 6.07) is 9.84. The van der Waals surface area contributed by atoms with Crippen molar-refractivity contribution in [2.24, 2.45) is 0 Å². The van der Waals surface area contributed by atoms with Gasteiger partial charge in [-0.2, -0.15) is 0 Å². The van der Waals surface area contributed by atoms with Crippen LogP contribution in [-0.2, 0) is 11.2 Å². The third-order valence-electron chi connectivity index (χ3n) is 3.52. The fourth-order valence-corrected chi connectivity index (χ4v) is 2.42. The van der Waals surface area contributed by atoms with E-state index in [4.69, 9.17) is 0 Å². The molecule has 2 aromatic rings. The fourth-order valence-electron chi connectivity index (χ4n) is 2.42. The lowest BCUT2D eigenvalue weighted by atomic mass is 10.1. The Balaban J connectivity index is 1.76. The van der Waals surface area contributed by atoms with Crippen LogP contribution in [-0.4, -0.2) is 22.4 Å². The lowest BCUT2D eigenvalue weighted by Gasteiger charge is -2.10. The summed E-state index contributed by atoms with van der Waals surface area (Å²) >= 11 is 0. The Morgan fingerprint density at radius 1 is 1.13 bits per heavy atom. The van der Waals surface area contributed by atoms with E-state index in [0.29, 0.717) is 18.9 Å². The van der Waals surface area contributed by atoms with Crippen molar-refractivity contribution in [2.45, 2.75) is 40.0 Å². The van der Waals surface area contributed by atoms with E-state index in [9.17, 15) is 4.79 Å². The number of hydrogen-bond donors (Lipinski definition) is 2. The monoisotopic (exact) mass is 312 g/mol. The van der Waals surface area contributed by atoms with Crippen LogP contribution in [0.15, 0.2) is 30.3 Å². The zero-order valence-corrected chi connectivity index (χ0v) is 14.0. The van der Waals surface area contributed by atoms with E-state index in [1.807, 2.05) is 44.2 Å². The first-order valence-corrected chi connectivity index (χ1v) is 8.02. The third-order valence-corrected chi connectivity index (χ3v) is 3.52. The van der Waals surface area contributed by atoms with E-state index in [2.05, 4.69) is 27.5 Å². The van der Waals surface area contributed by atoms with Crippen molar-refractivity contribution in [1.82, 2.24) is 9.97 Å². The van der Waals surface area contributed by atoms with Gasteiger partial charge in [0.05, 0.1) is 0 Å². The Morgan fingerprint density at radius 3 is 2.52 bits per heavy atom. The molecule has 1 amide bonds. The molecule has 0 fully saturated rings. The summed E-state index contributed by atoms with van der Waals surface area (Å²) in [4.78, 5) is 20.7. The maximum Gasteiger partial charge on any atom is 0.224 e. The number of para-hydroxylation sites is 1. The minimum Gasteiger partial charge on any atom is -0.354 e. The van der Waals surface area contributed by atoms with Gasteiger partial charge < -0.3 is 10.6 Å². The summed E-state index contributed by atoms with van der Waals surface area (Å²) in [6.45, 7) is 6.64. The van der Waals surface area contributed by atoms with Crippen LogP contribution in [0.3, 0.4) is 0 Å². The average Bonchev–Trinajstić information content (AvgIpc) is 2.51. The number of carbonyl (C=O) groups is 1. The lowest BCUT2D eigenvalue weighted by Crippen LogP contribution is -2.15. The molecule has 0 unspecified atom stereocenters. The molecule has 0 atom stereocenters. The summed E-state index contributed by atoms with van der Waals surface area (Å²) in [6.07, 6.45) is 2.11. The second-order valence-electron chi connectivity index (χ2n) is 5.56. The molecule has 0 aliphatic heterocycles. The third kappa shape index (κ3) is 5.36. The van der Waals surface area contributed by atoms with E-state index in [1.165, 1.54) is 0 Å². The van der Waals surface area contributed by atoms with Gasteiger partial charge in [-0.25, -0.2) is 9.97 Å². The topological polar surface area (TPSA) is 66.9 Å². The van der Waals surface area contributed by atoms with Gasteiger partial charge in [0.25, 0.3) is 0 Å². The van der Waals surface area contributed by atoms with E-state index >= 15 is 0 Å². The van der Waals surface area contributed by atoms with E-state index in [0.717, 1.165) is 35.5 Å². The molecule has 0 saturated carbocycles. The summed E-state index contributed by atoms with van der Waals surface area (Å²) in [5.74, 6) is 0.660. The van der Waals surface area contributed by atoms with Gasteiger partial charge in [-0.3, -0.25) is 4.79 Å². The highest BCUT2D eigenvalue weighted by Gasteiger charge is 2.05. The molecule has 1 heterocycles. The van der Waals surface area contributed by atoms with Crippen LogP contribution < -0.4 is 10.6 Å². The average molecular weight is 312 g/mol. The highest BCUT2D eigenvalue weighted by Crippen LogP contribution is 2.15. The molecular formula is C18H24N4O. The quantitative estimate of drug-likeness (QED) is 0.768. The number of rotatable bonds is 7. The van der Waals surface area contributed by atoms with Crippen LogP contribution in [0.2, 0.25) is 0 Å². The van der Waals surface area contributed by atoms with Crippen LogP contribution in [0.4, 0.5) is 11.6 Å². The van der Waals surface area contributed by atoms with Gasteiger partial charge >= 0.3 is 0 Å². The molecular weight excluding hydrogens is 288 g/mol. The first-order valence-electron chi connectivity index (χ1n) is 8.02. The predicted octanol–water partition coefficient (Wildman–Crippen LogP) is 3.49. The second kappa shape index (κ2) is 8.27. The molecule has 122 valence electrons. The molecule has 2 rings (SSSR count). The first kappa shape index (κ1) is 16.9. The SMILES string of the molecule is CCc1ccccc1NC(=O)CCCNc1nc(C)cc(C)n1. The van der Waals surface area contributed by atoms with Crippen molar-refractivity contribution in [3.63, 3.8) is 0 Å². The zero-order valence-electron chi connectivity index (χ0n) is 14.0. The minimum absolute atomic E-state index is 0.0361. The molecule has 1 aromatic heterocycles. The second-order valence-corrected chi connectivity index (χ2v) is 5.56. The molecule has 0 bridgehead atoms. The summed E-state index contributed by atoms with van der Waals surface area (Å²) in [7, 11) is 0. The van der Waals surface area contributed by atoms with E-state index < -0.39 is 0 Å². The molecule has 1 aromatic carbocycles. The molecule has 0 aliphatic carbocycles. The van der Waals surface area contributed by atoms with Crippen LogP contribution in [0.25, 0.3) is 0 Å². The fraction of sp³-hybridized carbons (Fsp3) is 0.389. The number of aromatic nitrogens is 2. The molecule has 2 N–H and O–H groups in total. The van der Waals surface area contributed by atoms with Gasteiger partial charge in [0.2, 0.25) is 11.9 Å². The number of benzene rings is 1.